The number of carbonyl (C=O) groups excluding carboxylic acids is 1. The first-order valence-electron chi connectivity index (χ1n) is 5.73. The highest BCUT2D eigenvalue weighted by molar-refractivity contribution is 5.80. The number of nitriles is 1. The van der Waals surface area contributed by atoms with Crippen LogP contribution in [-0.2, 0) is 11.2 Å². The zero-order chi connectivity index (χ0) is 12.7. The highest BCUT2D eigenvalue weighted by Gasteiger charge is 2.19. The van der Waals surface area contributed by atoms with Crippen LogP contribution in [0.15, 0.2) is 24.4 Å². The number of rotatable bonds is 5. The molecule has 90 valence electrons. The Kier molecular flexibility index (Phi) is 5.15. The molecule has 1 heterocycles. The van der Waals surface area contributed by atoms with Crippen molar-refractivity contribution in [1.29, 1.82) is 5.26 Å². The summed E-state index contributed by atoms with van der Waals surface area (Å²) in [4.78, 5) is 17.6. The molecule has 1 aromatic heterocycles. The largest absolute Gasteiger partial charge is 0.344 e. The van der Waals surface area contributed by atoms with Gasteiger partial charge in [0.2, 0.25) is 5.91 Å². The fraction of sp³-hybridized carbons (Fsp3) is 0.462. The molecular formula is C13H17N3O. The molecule has 4 nitrogen and oxygen atoms in total. The molecule has 0 spiro atoms. The van der Waals surface area contributed by atoms with Gasteiger partial charge < -0.3 is 4.90 Å². The van der Waals surface area contributed by atoms with E-state index in [0.717, 1.165) is 5.69 Å². The molecule has 17 heavy (non-hydrogen) atoms. The average molecular weight is 231 g/mol. The van der Waals surface area contributed by atoms with Crippen molar-refractivity contribution in [3.8, 4) is 6.07 Å². The van der Waals surface area contributed by atoms with Gasteiger partial charge in [-0.2, -0.15) is 5.26 Å². The third kappa shape index (κ3) is 3.87. The molecule has 1 atom stereocenters. The summed E-state index contributed by atoms with van der Waals surface area (Å²) in [6.45, 7) is 2.44. The molecule has 0 aliphatic carbocycles. The normalized spacial score (nSPS) is 11.6. The van der Waals surface area contributed by atoms with Crippen molar-refractivity contribution >= 4 is 5.91 Å². The molecule has 1 rings (SSSR count). The minimum absolute atomic E-state index is 0.106. The van der Waals surface area contributed by atoms with Crippen molar-refractivity contribution < 1.29 is 4.79 Å². The van der Waals surface area contributed by atoms with Crippen LogP contribution in [0.1, 0.15) is 19.0 Å². The maximum absolute atomic E-state index is 11.8. The molecule has 0 fully saturated rings. The van der Waals surface area contributed by atoms with Gasteiger partial charge >= 0.3 is 0 Å². The zero-order valence-electron chi connectivity index (χ0n) is 10.3. The number of hydrogen-bond acceptors (Lipinski definition) is 3. The van der Waals surface area contributed by atoms with E-state index >= 15 is 0 Å². The van der Waals surface area contributed by atoms with Crippen molar-refractivity contribution in [3.63, 3.8) is 0 Å². The Morgan fingerprint density at radius 3 is 2.88 bits per heavy atom. The maximum atomic E-state index is 11.8. The van der Waals surface area contributed by atoms with Crippen LogP contribution in [0.25, 0.3) is 0 Å². The van der Waals surface area contributed by atoms with Crippen molar-refractivity contribution in [2.24, 2.45) is 5.92 Å². The summed E-state index contributed by atoms with van der Waals surface area (Å²) in [6.07, 6.45) is 3.01. The van der Waals surface area contributed by atoms with E-state index in [-0.39, 0.29) is 5.91 Å². The minimum atomic E-state index is -0.524. The van der Waals surface area contributed by atoms with Gasteiger partial charge in [-0.05, 0) is 18.6 Å². The molecule has 1 aromatic rings. The first-order chi connectivity index (χ1) is 8.19. The summed E-state index contributed by atoms with van der Waals surface area (Å²) in [5, 5.41) is 8.82. The fourth-order valence-corrected chi connectivity index (χ4v) is 1.53. The number of nitrogens with zero attached hydrogens (tertiary/aromatic N) is 3. The van der Waals surface area contributed by atoms with Crippen molar-refractivity contribution in [2.45, 2.75) is 19.8 Å². The van der Waals surface area contributed by atoms with Crippen LogP contribution in [-0.4, -0.2) is 29.4 Å². The molecule has 0 bridgehead atoms. The van der Waals surface area contributed by atoms with E-state index < -0.39 is 5.92 Å². The molecule has 4 heteroatoms. The summed E-state index contributed by atoms with van der Waals surface area (Å²) in [6, 6.07) is 7.74. The maximum Gasteiger partial charge on any atom is 0.239 e. The zero-order valence-corrected chi connectivity index (χ0v) is 10.3. The summed E-state index contributed by atoms with van der Waals surface area (Å²) in [5.41, 5.74) is 0.956. The number of carbonyl (C=O) groups is 1. The first kappa shape index (κ1) is 13.2. The number of aromatic nitrogens is 1. The standard InChI is InChI=1S/C13H17N3O/c1-3-11(10-14)13(17)16(2)9-7-12-6-4-5-8-15-12/h4-6,8,11H,3,7,9H2,1-2H3. The van der Waals surface area contributed by atoms with Gasteiger partial charge in [0.25, 0.3) is 0 Å². The summed E-state index contributed by atoms with van der Waals surface area (Å²) in [5.74, 6) is -0.630. The van der Waals surface area contributed by atoms with Gasteiger partial charge in [-0.15, -0.1) is 0 Å². The third-order valence-corrected chi connectivity index (χ3v) is 2.67. The van der Waals surface area contributed by atoms with Crippen LogP contribution in [0.4, 0.5) is 0 Å². The molecular weight excluding hydrogens is 214 g/mol. The summed E-state index contributed by atoms with van der Waals surface area (Å²) in [7, 11) is 1.73. The second-order valence-corrected chi connectivity index (χ2v) is 3.92. The number of hydrogen-bond donors (Lipinski definition) is 0. The Morgan fingerprint density at radius 1 is 1.59 bits per heavy atom. The molecule has 0 radical (unpaired) electrons. The van der Waals surface area contributed by atoms with Crippen molar-refractivity contribution in [3.05, 3.63) is 30.1 Å². The topological polar surface area (TPSA) is 57.0 Å². The van der Waals surface area contributed by atoms with E-state index in [1.165, 1.54) is 0 Å². The fourth-order valence-electron chi connectivity index (χ4n) is 1.53. The Bertz CT molecular complexity index is 397. The lowest BCUT2D eigenvalue weighted by Crippen LogP contribution is -2.33. The van der Waals surface area contributed by atoms with Gasteiger partial charge in [0.15, 0.2) is 0 Å². The Labute approximate surface area is 102 Å². The lowest BCUT2D eigenvalue weighted by Gasteiger charge is -2.19. The first-order valence-corrected chi connectivity index (χ1v) is 5.73. The van der Waals surface area contributed by atoms with E-state index in [0.29, 0.717) is 19.4 Å². The number of amides is 1. The van der Waals surface area contributed by atoms with Crippen molar-refractivity contribution in [1.82, 2.24) is 9.88 Å². The molecule has 0 aliphatic rings. The van der Waals surface area contributed by atoms with Gasteiger partial charge in [-0.25, -0.2) is 0 Å². The second kappa shape index (κ2) is 6.64. The molecule has 0 N–H and O–H groups in total. The van der Waals surface area contributed by atoms with Gasteiger partial charge in [-0.1, -0.05) is 13.0 Å². The van der Waals surface area contributed by atoms with Crippen LogP contribution < -0.4 is 0 Å². The minimum Gasteiger partial charge on any atom is -0.344 e. The molecule has 0 saturated heterocycles. The average Bonchev–Trinajstić information content (AvgIpc) is 2.38. The predicted octanol–water partition coefficient (Wildman–Crippen LogP) is 1.63. The number of likely N-dealkylation sites (N-methyl/N-ethyl adjacent to an activating group) is 1. The predicted molar refractivity (Wildman–Crippen MR) is 65.0 cm³/mol. The molecule has 0 aliphatic heterocycles. The van der Waals surface area contributed by atoms with Crippen LogP contribution >= 0.6 is 0 Å². The van der Waals surface area contributed by atoms with E-state index in [4.69, 9.17) is 5.26 Å². The van der Waals surface area contributed by atoms with Gasteiger partial charge in [0.05, 0.1) is 6.07 Å². The van der Waals surface area contributed by atoms with Gasteiger partial charge in [-0.3, -0.25) is 9.78 Å². The van der Waals surface area contributed by atoms with Crippen LogP contribution in [0.3, 0.4) is 0 Å². The summed E-state index contributed by atoms with van der Waals surface area (Å²) < 4.78 is 0. The van der Waals surface area contributed by atoms with Crippen LogP contribution in [0, 0.1) is 17.2 Å². The Morgan fingerprint density at radius 2 is 2.35 bits per heavy atom. The summed E-state index contributed by atoms with van der Waals surface area (Å²) >= 11 is 0. The van der Waals surface area contributed by atoms with E-state index in [1.54, 1.807) is 18.1 Å². The molecule has 0 aromatic carbocycles. The van der Waals surface area contributed by atoms with E-state index in [1.807, 2.05) is 31.2 Å². The van der Waals surface area contributed by atoms with E-state index in [2.05, 4.69) is 4.98 Å². The molecule has 0 saturated carbocycles. The van der Waals surface area contributed by atoms with Crippen molar-refractivity contribution in [2.75, 3.05) is 13.6 Å². The van der Waals surface area contributed by atoms with E-state index in [9.17, 15) is 4.79 Å². The smallest absolute Gasteiger partial charge is 0.239 e. The van der Waals surface area contributed by atoms with Gasteiger partial charge in [0.1, 0.15) is 5.92 Å². The lowest BCUT2D eigenvalue weighted by molar-refractivity contribution is -0.132. The molecule has 1 amide bonds. The second-order valence-electron chi connectivity index (χ2n) is 3.92. The lowest BCUT2D eigenvalue weighted by atomic mass is 10.1. The molecule has 1 unspecified atom stereocenters. The number of pyridine rings is 1. The Hall–Kier alpha value is -1.89. The van der Waals surface area contributed by atoms with Crippen LogP contribution in [0.5, 0.6) is 0 Å². The Balaban J connectivity index is 2.48. The monoisotopic (exact) mass is 231 g/mol. The SMILES string of the molecule is CCC(C#N)C(=O)N(C)CCc1ccccn1. The third-order valence-electron chi connectivity index (χ3n) is 2.67. The highest BCUT2D eigenvalue weighted by Crippen LogP contribution is 2.06. The van der Waals surface area contributed by atoms with Crippen LogP contribution in [0.2, 0.25) is 0 Å². The van der Waals surface area contributed by atoms with Gasteiger partial charge in [0, 0.05) is 31.9 Å². The highest BCUT2D eigenvalue weighted by atomic mass is 16.2. The quantitative estimate of drug-likeness (QED) is 0.774.